The van der Waals surface area contributed by atoms with Crippen molar-refractivity contribution in [1.82, 2.24) is 25.2 Å². The maximum absolute atomic E-state index is 12.8. The second-order valence-corrected chi connectivity index (χ2v) is 5.84. The van der Waals surface area contributed by atoms with Gasteiger partial charge in [-0.15, -0.1) is 11.3 Å². The Morgan fingerprint density at radius 1 is 1.32 bits per heavy atom. The van der Waals surface area contributed by atoms with Crippen LogP contribution in [0.2, 0.25) is 0 Å². The number of likely N-dealkylation sites (N-methyl/N-ethyl adjacent to an activating group) is 1. The van der Waals surface area contributed by atoms with Gasteiger partial charge in [-0.1, -0.05) is 0 Å². The molecule has 1 aliphatic rings. The average molecular weight is 317 g/mol. The van der Waals surface area contributed by atoms with Crippen LogP contribution in [0.1, 0.15) is 28.2 Å². The molecule has 22 heavy (non-hydrogen) atoms. The Bertz CT molecular complexity index is 676. The number of hydrogen-bond acceptors (Lipinski definition) is 6. The van der Waals surface area contributed by atoms with E-state index in [9.17, 15) is 9.59 Å². The van der Waals surface area contributed by atoms with Crippen LogP contribution in [-0.4, -0.2) is 45.3 Å². The summed E-state index contributed by atoms with van der Waals surface area (Å²) in [7, 11) is 1.56. The van der Waals surface area contributed by atoms with Crippen molar-refractivity contribution in [1.29, 1.82) is 0 Å². The van der Waals surface area contributed by atoms with Gasteiger partial charge in [0.05, 0.1) is 23.6 Å². The molecule has 0 saturated carbocycles. The molecule has 1 unspecified atom stereocenters. The molecule has 2 aromatic rings. The lowest BCUT2D eigenvalue weighted by Crippen LogP contribution is -2.54. The molecule has 0 spiro atoms. The third-order valence-electron chi connectivity index (χ3n) is 3.86. The number of likely N-dealkylation sites (tertiary alicyclic amines) is 1. The van der Waals surface area contributed by atoms with Gasteiger partial charge in [0.25, 0.3) is 11.8 Å². The highest BCUT2D eigenvalue weighted by Crippen LogP contribution is 2.39. The maximum Gasteiger partial charge on any atom is 0.266 e. The van der Waals surface area contributed by atoms with Crippen LogP contribution < -0.4 is 5.32 Å². The third-order valence-corrected chi connectivity index (χ3v) is 4.62. The fourth-order valence-corrected chi connectivity index (χ4v) is 3.45. The molecular weight excluding hydrogens is 302 g/mol. The molecule has 7 nitrogen and oxygen atoms in total. The molecule has 2 amide bonds. The number of carbonyl (C=O) groups is 2. The highest BCUT2D eigenvalue weighted by Gasteiger charge is 2.52. The highest BCUT2D eigenvalue weighted by atomic mass is 32.1. The first-order valence-electron chi connectivity index (χ1n) is 6.89. The van der Waals surface area contributed by atoms with Crippen LogP contribution in [-0.2, 0) is 10.3 Å². The first kappa shape index (κ1) is 14.6. The smallest absolute Gasteiger partial charge is 0.266 e. The van der Waals surface area contributed by atoms with Crippen molar-refractivity contribution in [3.63, 3.8) is 0 Å². The summed E-state index contributed by atoms with van der Waals surface area (Å²) in [5.74, 6) is -0.447. The molecule has 1 saturated heterocycles. The summed E-state index contributed by atoms with van der Waals surface area (Å²) in [6.07, 6.45) is 7.41. The zero-order chi connectivity index (χ0) is 15.6. The van der Waals surface area contributed by atoms with Crippen LogP contribution >= 0.6 is 11.3 Å². The predicted octanol–water partition coefficient (Wildman–Crippen LogP) is 0.811. The fraction of sp³-hybridized carbons (Fsp3) is 0.357. The van der Waals surface area contributed by atoms with E-state index in [2.05, 4.69) is 20.3 Å². The Morgan fingerprint density at radius 2 is 2.18 bits per heavy atom. The van der Waals surface area contributed by atoms with Crippen LogP contribution in [0.15, 0.2) is 30.3 Å². The van der Waals surface area contributed by atoms with Crippen molar-refractivity contribution in [2.75, 3.05) is 13.6 Å². The molecule has 0 aromatic carbocycles. The molecule has 0 radical (unpaired) electrons. The minimum atomic E-state index is -1.11. The summed E-state index contributed by atoms with van der Waals surface area (Å²) in [4.78, 5) is 39.8. The molecule has 0 aliphatic carbocycles. The van der Waals surface area contributed by atoms with E-state index in [1.807, 2.05) is 0 Å². The van der Waals surface area contributed by atoms with Crippen molar-refractivity contribution in [2.24, 2.45) is 0 Å². The lowest BCUT2D eigenvalue weighted by Gasteiger charge is -2.35. The summed E-state index contributed by atoms with van der Waals surface area (Å²) < 4.78 is 0. The summed E-state index contributed by atoms with van der Waals surface area (Å²) in [6, 6.07) is 0. The molecule has 1 fully saturated rings. The van der Waals surface area contributed by atoms with Crippen LogP contribution in [0.5, 0.6) is 0 Å². The molecule has 3 rings (SSSR count). The number of hydrogen-bond donors (Lipinski definition) is 1. The first-order valence-corrected chi connectivity index (χ1v) is 7.77. The fourth-order valence-electron chi connectivity index (χ4n) is 2.89. The van der Waals surface area contributed by atoms with E-state index >= 15 is 0 Å². The lowest BCUT2D eigenvalue weighted by molar-refractivity contribution is -0.131. The second kappa shape index (κ2) is 5.80. The SMILES string of the molecule is CNC(=O)C1(c2cnccn2)CCCN1C(=O)c1cncs1. The van der Waals surface area contributed by atoms with Gasteiger partial charge >= 0.3 is 0 Å². The van der Waals surface area contributed by atoms with E-state index in [-0.39, 0.29) is 11.8 Å². The van der Waals surface area contributed by atoms with Crippen LogP contribution in [0.3, 0.4) is 0 Å². The largest absolute Gasteiger partial charge is 0.357 e. The Labute approximate surface area is 131 Å². The van der Waals surface area contributed by atoms with Gasteiger partial charge in [-0.3, -0.25) is 24.5 Å². The zero-order valence-electron chi connectivity index (χ0n) is 12.0. The van der Waals surface area contributed by atoms with Crippen LogP contribution in [0, 0.1) is 0 Å². The van der Waals surface area contributed by atoms with Crippen LogP contribution in [0.25, 0.3) is 0 Å². The molecule has 0 bridgehead atoms. The van der Waals surface area contributed by atoms with Gasteiger partial charge in [0, 0.05) is 26.0 Å². The van der Waals surface area contributed by atoms with E-state index in [0.717, 1.165) is 6.42 Å². The number of aromatic nitrogens is 3. The Morgan fingerprint density at radius 3 is 2.82 bits per heavy atom. The van der Waals surface area contributed by atoms with Crippen molar-refractivity contribution >= 4 is 23.2 Å². The van der Waals surface area contributed by atoms with Crippen LogP contribution in [0.4, 0.5) is 0 Å². The molecule has 2 aromatic heterocycles. The average Bonchev–Trinajstić information content (AvgIpc) is 3.24. The zero-order valence-corrected chi connectivity index (χ0v) is 12.8. The van der Waals surface area contributed by atoms with E-state index in [1.165, 1.54) is 23.7 Å². The third kappa shape index (κ3) is 2.16. The minimum Gasteiger partial charge on any atom is -0.357 e. The van der Waals surface area contributed by atoms with Gasteiger partial charge in [-0.05, 0) is 12.8 Å². The monoisotopic (exact) mass is 317 g/mol. The second-order valence-electron chi connectivity index (χ2n) is 4.96. The maximum atomic E-state index is 12.8. The summed E-state index contributed by atoms with van der Waals surface area (Å²) in [6.45, 7) is 0.501. The van der Waals surface area contributed by atoms with E-state index in [0.29, 0.717) is 23.5 Å². The molecule has 1 N–H and O–H groups in total. The summed E-state index contributed by atoms with van der Waals surface area (Å²) >= 11 is 1.26. The number of rotatable bonds is 3. The van der Waals surface area contributed by atoms with E-state index < -0.39 is 5.54 Å². The van der Waals surface area contributed by atoms with Gasteiger partial charge in [0.1, 0.15) is 4.88 Å². The Kier molecular flexibility index (Phi) is 3.84. The quantitative estimate of drug-likeness (QED) is 0.905. The number of nitrogens with one attached hydrogen (secondary N) is 1. The normalized spacial score (nSPS) is 20.9. The van der Waals surface area contributed by atoms with Gasteiger partial charge < -0.3 is 10.2 Å². The molecule has 1 aliphatic heterocycles. The molecule has 8 heteroatoms. The van der Waals surface area contributed by atoms with Gasteiger partial charge in [0.15, 0.2) is 5.54 Å². The molecule has 1 atom stereocenters. The molecule has 3 heterocycles. The summed E-state index contributed by atoms with van der Waals surface area (Å²) in [5, 5.41) is 2.66. The van der Waals surface area contributed by atoms with Gasteiger partial charge in [0.2, 0.25) is 0 Å². The van der Waals surface area contributed by atoms with E-state index in [1.54, 1.807) is 29.9 Å². The van der Waals surface area contributed by atoms with Crippen molar-refractivity contribution < 1.29 is 9.59 Å². The number of amides is 2. The number of thiazole rings is 1. The Balaban J connectivity index is 2.08. The highest BCUT2D eigenvalue weighted by molar-refractivity contribution is 7.11. The van der Waals surface area contributed by atoms with Crippen molar-refractivity contribution in [2.45, 2.75) is 18.4 Å². The van der Waals surface area contributed by atoms with Crippen molar-refractivity contribution in [3.8, 4) is 0 Å². The van der Waals surface area contributed by atoms with Crippen molar-refractivity contribution in [3.05, 3.63) is 40.9 Å². The number of nitrogens with zero attached hydrogens (tertiary/aromatic N) is 4. The van der Waals surface area contributed by atoms with Gasteiger partial charge in [-0.2, -0.15) is 0 Å². The predicted molar refractivity (Wildman–Crippen MR) is 80.2 cm³/mol. The lowest BCUT2D eigenvalue weighted by atomic mass is 9.90. The molecule has 114 valence electrons. The summed E-state index contributed by atoms with van der Waals surface area (Å²) in [5.41, 5.74) is 0.988. The topological polar surface area (TPSA) is 88.1 Å². The standard InChI is InChI=1S/C14H15N5O2S/c1-15-13(21)14(11-8-16-4-5-18-11)3-2-6-19(14)12(20)10-7-17-9-22-10/h4-5,7-9H,2-3,6H2,1H3,(H,15,21). The number of carbonyl (C=O) groups excluding carboxylic acids is 2. The first-order chi connectivity index (χ1) is 10.7. The molecular formula is C14H15N5O2S. The van der Waals surface area contributed by atoms with Gasteiger partial charge in [-0.25, -0.2) is 0 Å². The Hall–Kier alpha value is -2.35. The minimum absolute atomic E-state index is 0.200. The van der Waals surface area contributed by atoms with E-state index in [4.69, 9.17) is 0 Å².